The van der Waals surface area contributed by atoms with Crippen LogP contribution in [0.3, 0.4) is 0 Å². The molecule has 1 amide bonds. The smallest absolute Gasteiger partial charge is 0.244 e. The lowest BCUT2D eigenvalue weighted by Gasteiger charge is -2.19. The number of phenols is 1. The molecule has 0 spiro atoms. The van der Waals surface area contributed by atoms with Crippen molar-refractivity contribution in [1.82, 2.24) is 5.43 Å². The lowest BCUT2D eigenvalue weighted by atomic mass is 9.84. The van der Waals surface area contributed by atoms with Gasteiger partial charge >= 0.3 is 0 Å². The van der Waals surface area contributed by atoms with Crippen LogP contribution in [0.4, 0.5) is 0 Å². The number of phenolic OH excluding ortho intramolecular Hbond substituents is 1. The molecule has 0 radical (unpaired) electrons. The number of aromatic hydroxyl groups is 1. The lowest BCUT2D eigenvalue weighted by molar-refractivity contribution is -0.122. The van der Waals surface area contributed by atoms with E-state index in [1.807, 2.05) is 18.2 Å². The number of nitrogens with one attached hydrogen (secondary N) is 1. The fraction of sp³-hybridized carbons (Fsp3) is 0.200. The van der Waals surface area contributed by atoms with Crippen molar-refractivity contribution in [2.45, 2.75) is 25.7 Å². The summed E-state index contributed by atoms with van der Waals surface area (Å²) in [6.07, 6.45) is 2.22. The van der Waals surface area contributed by atoms with E-state index < -0.39 is 0 Å². The highest BCUT2D eigenvalue weighted by Crippen LogP contribution is 2.59. The van der Waals surface area contributed by atoms with Crippen LogP contribution in [-0.4, -0.2) is 17.2 Å². The summed E-state index contributed by atoms with van der Waals surface area (Å²) in [7, 11) is 0. The highest BCUT2D eigenvalue weighted by atomic mass is 16.3. The Balaban J connectivity index is 1.60. The Morgan fingerprint density at radius 3 is 2.21 bits per heavy atom. The standard InChI is InChI=1S/C25H24N2O2/c1-17-7-5-10-20(13-17)25(21-11-6-8-18(2)14-21)15-22(25)24(29)27-26-16-19-9-3-4-12-23(19)28/h3-14,16,22,28H,15H2,1-2H3,(H,27,29)/b26-16+/t22-/m1/s1. The number of carbonyl (C=O) groups excluding carboxylic acids is 1. The van der Waals surface area contributed by atoms with Gasteiger partial charge in [0.15, 0.2) is 0 Å². The summed E-state index contributed by atoms with van der Waals surface area (Å²) >= 11 is 0. The molecule has 1 aliphatic carbocycles. The van der Waals surface area contributed by atoms with Gasteiger partial charge in [0.25, 0.3) is 0 Å². The average Bonchev–Trinajstić information content (AvgIpc) is 3.47. The van der Waals surface area contributed by atoms with Crippen LogP contribution in [0.2, 0.25) is 0 Å². The van der Waals surface area contributed by atoms with E-state index in [2.05, 4.69) is 60.8 Å². The van der Waals surface area contributed by atoms with E-state index in [-0.39, 0.29) is 23.0 Å². The number of para-hydroxylation sites is 1. The molecule has 29 heavy (non-hydrogen) atoms. The molecule has 1 aliphatic rings. The lowest BCUT2D eigenvalue weighted by Crippen LogP contribution is -2.25. The van der Waals surface area contributed by atoms with E-state index in [1.54, 1.807) is 18.2 Å². The molecule has 3 aromatic carbocycles. The Kier molecular flexibility index (Phi) is 4.93. The van der Waals surface area contributed by atoms with Crippen LogP contribution < -0.4 is 5.43 Å². The van der Waals surface area contributed by atoms with Crippen LogP contribution in [0.25, 0.3) is 0 Å². The molecule has 1 saturated carbocycles. The van der Waals surface area contributed by atoms with E-state index in [0.717, 1.165) is 17.5 Å². The summed E-state index contributed by atoms with van der Waals surface area (Å²) in [5, 5.41) is 13.9. The molecule has 4 heteroatoms. The van der Waals surface area contributed by atoms with E-state index in [9.17, 15) is 9.90 Å². The van der Waals surface area contributed by atoms with Gasteiger partial charge in [-0.1, -0.05) is 71.8 Å². The number of rotatable bonds is 5. The quantitative estimate of drug-likeness (QED) is 0.504. The van der Waals surface area contributed by atoms with Crippen LogP contribution in [0, 0.1) is 19.8 Å². The number of carbonyl (C=O) groups is 1. The molecule has 0 heterocycles. The van der Waals surface area contributed by atoms with Crippen molar-refractivity contribution in [2.75, 3.05) is 0 Å². The Hall–Kier alpha value is -3.40. The van der Waals surface area contributed by atoms with Gasteiger partial charge in [-0.25, -0.2) is 5.43 Å². The van der Waals surface area contributed by atoms with Crippen molar-refractivity contribution >= 4 is 12.1 Å². The van der Waals surface area contributed by atoms with Crippen LogP contribution in [0.5, 0.6) is 5.75 Å². The summed E-state index contributed by atoms with van der Waals surface area (Å²) in [6, 6.07) is 23.7. The number of nitrogens with zero attached hydrogens (tertiary/aromatic N) is 1. The zero-order valence-electron chi connectivity index (χ0n) is 16.6. The summed E-state index contributed by atoms with van der Waals surface area (Å²) in [4.78, 5) is 12.9. The van der Waals surface area contributed by atoms with Gasteiger partial charge in [0.1, 0.15) is 5.75 Å². The van der Waals surface area contributed by atoms with Crippen molar-refractivity contribution < 1.29 is 9.90 Å². The van der Waals surface area contributed by atoms with Gasteiger partial charge in [-0.2, -0.15) is 5.10 Å². The third-order valence-electron chi connectivity index (χ3n) is 5.66. The van der Waals surface area contributed by atoms with Gasteiger partial charge < -0.3 is 5.11 Å². The monoisotopic (exact) mass is 384 g/mol. The number of hydrogen-bond acceptors (Lipinski definition) is 3. The van der Waals surface area contributed by atoms with Crippen molar-refractivity contribution in [3.63, 3.8) is 0 Å². The maximum absolute atomic E-state index is 12.9. The minimum absolute atomic E-state index is 0.111. The molecular formula is C25H24N2O2. The van der Waals surface area contributed by atoms with Gasteiger partial charge in [0, 0.05) is 11.0 Å². The first kappa shape index (κ1) is 18.9. The summed E-state index contributed by atoms with van der Waals surface area (Å²) in [6.45, 7) is 4.14. The predicted molar refractivity (Wildman–Crippen MR) is 115 cm³/mol. The summed E-state index contributed by atoms with van der Waals surface area (Å²) in [5.74, 6) is -0.168. The second-order valence-electron chi connectivity index (χ2n) is 7.76. The minimum atomic E-state index is -0.327. The topological polar surface area (TPSA) is 61.7 Å². The largest absolute Gasteiger partial charge is 0.507 e. The van der Waals surface area contributed by atoms with Gasteiger partial charge in [-0.3, -0.25) is 4.79 Å². The SMILES string of the molecule is Cc1cccc(C2(c3cccc(C)c3)C[C@@H]2C(=O)N/N=C/c2ccccc2O)c1. The second kappa shape index (κ2) is 7.55. The number of amides is 1. The van der Waals surface area contributed by atoms with Crippen LogP contribution in [-0.2, 0) is 10.2 Å². The first-order valence-electron chi connectivity index (χ1n) is 9.76. The van der Waals surface area contributed by atoms with Gasteiger partial charge in [0.2, 0.25) is 5.91 Å². The van der Waals surface area contributed by atoms with Gasteiger partial charge in [-0.05, 0) is 43.5 Å². The Morgan fingerprint density at radius 1 is 1.00 bits per heavy atom. The normalized spacial score (nSPS) is 17.2. The highest BCUT2D eigenvalue weighted by molar-refractivity contribution is 5.88. The predicted octanol–water partition coefficient (Wildman–Crippen LogP) is 4.47. The molecule has 0 saturated heterocycles. The maximum Gasteiger partial charge on any atom is 0.244 e. The molecule has 3 aromatic rings. The molecule has 4 nitrogen and oxygen atoms in total. The van der Waals surface area contributed by atoms with Gasteiger partial charge in [0.05, 0.1) is 12.1 Å². The number of hydrazone groups is 1. The van der Waals surface area contributed by atoms with Crippen molar-refractivity contribution in [2.24, 2.45) is 11.0 Å². The van der Waals surface area contributed by atoms with Crippen molar-refractivity contribution in [3.8, 4) is 5.75 Å². The van der Waals surface area contributed by atoms with Crippen LogP contribution in [0.1, 0.15) is 34.2 Å². The second-order valence-corrected chi connectivity index (χ2v) is 7.76. The Morgan fingerprint density at radius 2 is 1.62 bits per heavy atom. The van der Waals surface area contributed by atoms with Crippen LogP contribution >= 0.6 is 0 Å². The molecule has 4 rings (SSSR count). The van der Waals surface area contributed by atoms with Crippen molar-refractivity contribution in [3.05, 3.63) is 101 Å². The van der Waals surface area contributed by atoms with E-state index in [4.69, 9.17) is 0 Å². The van der Waals surface area contributed by atoms with Crippen molar-refractivity contribution in [1.29, 1.82) is 0 Å². The third kappa shape index (κ3) is 3.66. The van der Waals surface area contributed by atoms with E-state index in [0.29, 0.717) is 5.56 Å². The Labute approximate surface area is 170 Å². The fourth-order valence-corrected chi connectivity index (χ4v) is 4.07. The molecule has 0 aliphatic heterocycles. The molecule has 0 unspecified atom stereocenters. The number of hydrogen-bond donors (Lipinski definition) is 2. The van der Waals surface area contributed by atoms with E-state index in [1.165, 1.54) is 17.3 Å². The first-order chi connectivity index (χ1) is 14.0. The zero-order valence-corrected chi connectivity index (χ0v) is 16.6. The summed E-state index contributed by atoms with van der Waals surface area (Å²) < 4.78 is 0. The highest BCUT2D eigenvalue weighted by Gasteiger charge is 2.60. The summed E-state index contributed by atoms with van der Waals surface area (Å²) in [5.41, 5.74) is 7.58. The maximum atomic E-state index is 12.9. The number of benzene rings is 3. The molecule has 0 aromatic heterocycles. The average molecular weight is 384 g/mol. The van der Waals surface area contributed by atoms with Gasteiger partial charge in [-0.15, -0.1) is 0 Å². The van der Waals surface area contributed by atoms with E-state index >= 15 is 0 Å². The molecular weight excluding hydrogens is 360 g/mol. The molecule has 1 fully saturated rings. The number of aryl methyl sites for hydroxylation is 2. The molecule has 1 atom stereocenters. The fourth-order valence-electron chi connectivity index (χ4n) is 4.07. The molecule has 0 bridgehead atoms. The third-order valence-corrected chi connectivity index (χ3v) is 5.66. The molecule has 2 N–H and O–H groups in total. The van der Waals surface area contributed by atoms with Crippen LogP contribution in [0.15, 0.2) is 77.9 Å². The minimum Gasteiger partial charge on any atom is -0.507 e. The first-order valence-corrected chi connectivity index (χ1v) is 9.76. The Bertz CT molecular complexity index is 1040. The zero-order chi connectivity index (χ0) is 20.4. The molecule has 146 valence electrons.